The van der Waals surface area contributed by atoms with Crippen LogP contribution < -0.4 is 10.6 Å². The molecule has 4 N–H and O–H groups in total. The predicted octanol–water partition coefficient (Wildman–Crippen LogP) is -1.32. The topological polar surface area (TPSA) is 191 Å². The van der Waals surface area contributed by atoms with Crippen LogP contribution in [0.3, 0.4) is 0 Å². The molecule has 4 aromatic rings. The number of aromatic nitrogens is 8. The van der Waals surface area contributed by atoms with Gasteiger partial charge in [-0.05, 0) is 6.92 Å². The standard InChI is InChI=1S/C18H20N10O5/c1-8-5-9(33-25-8)6-20-14-10-15(24-18(23-14)28-4-3-22-26-28)27(7-21-10)17-12(30)11(29)13(32-17)16(31)19-2/h3-5,7,11-13,17,29-30H,6H2,1-2H3,(H,19,31)(H,20,23,24)/t11-,12+,13-,17+/m0/s1. The van der Waals surface area contributed by atoms with Crippen molar-refractivity contribution in [2.75, 3.05) is 12.4 Å². The molecule has 1 amide bonds. The summed E-state index contributed by atoms with van der Waals surface area (Å²) >= 11 is 0. The molecule has 5 heterocycles. The van der Waals surface area contributed by atoms with Crippen LogP contribution in [0.25, 0.3) is 17.1 Å². The van der Waals surface area contributed by atoms with Crippen molar-refractivity contribution in [2.24, 2.45) is 0 Å². The number of nitrogens with one attached hydrogen (secondary N) is 2. The molecule has 0 bridgehead atoms. The van der Waals surface area contributed by atoms with E-state index in [9.17, 15) is 15.0 Å². The second-order valence-electron chi connectivity index (χ2n) is 7.37. The summed E-state index contributed by atoms with van der Waals surface area (Å²) in [6.07, 6.45) is -0.770. The van der Waals surface area contributed by atoms with Crippen LogP contribution in [-0.2, 0) is 16.1 Å². The quantitative estimate of drug-likeness (QED) is 0.268. The van der Waals surface area contributed by atoms with Gasteiger partial charge in [-0.3, -0.25) is 9.36 Å². The van der Waals surface area contributed by atoms with Crippen LogP contribution in [0.15, 0.2) is 29.3 Å². The maximum atomic E-state index is 12.0. The number of amides is 1. The van der Waals surface area contributed by atoms with E-state index in [0.29, 0.717) is 17.1 Å². The largest absolute Gasteiger partial charge is 0.387 e. The summed E-state index contributed by atoms with van der Waals surface area (Å²) in [5.41, 5.74) is 1.38. The second-order valence-corrected chi connectivity index (χ2v) is 7.37. The first-order valence-electron chi connectivity index (χ1n) is 9.96. The van der Waals surface area contributed by atoms with Gasteiger partial charge in [-0.2, -0.15) is 14.6 Å². The van der Waals surface area contributed by atoms with Crippen LogP contribution in [0.2, 0.25) is 0 Å². The van der Waals surface area contributed by atoms with Crippen LogP contribution in [0, 0.1) is 6.92 Å². The number of carbonyl (C=O) groups excluding carboxylic acids is 1. The molecule has 0 spiro atoms. The number of imidazole rings is 1. The SMILES string of the molecule is CNC(=O)[C@H]1O[C@@H](n2cnc3c(NCc4cc(C)no4)nc(-n4ccnn4)nc32)[C@H](O)[C@@H]1O. The van der Waals surface area contributed by atoms with Gasteiger partial charge in [0.25, 0.3) is 11.9 Å². The fraction of sp³-hybridized carbons (Fsp3) is 0.389. The van der Waals surface area contributed by atoms with Crippen LogP contribution in [0.4, 0.5) is 5.82 Å². The minimum Gasteiger partial charge on any atom is -0.387 e. The molecule has 1 saturated heterocycles. The molecule has 4 atom stereocenters. The van der Waals surface area contributed by atoms with E-state index in [4.69, 9.17) is 9.26 Å². The van der Waals surface area contributed by atoms with Gasteiger partial charge in [0.05, 0.1) is 31.0 Å². The van der Waals surface area contributed by atoms with Gasteiger partial charge < -0.3 is 30.1 Å². The van der Waals surface area contributed by atoms with Gasteiger partial charge in [0, 0.05) is 13.1 Å². The molecule has 1 aliphatic rings. The van der Waals surface area contributed by atoms with Gasteiger partial charge in [0.15, 0.2) is 35.1 Å². The molecular formula is C18H20N10O5. The minimum atomic E-state index is -1.43. The molecule has 33 heavy (non-hydrogen) atoms. The molecule has 15 heteroatoms. The summed E-state index contributed by atoms with van der Waals surface area (Å²) in [7, 11) is 1.41. The third-order valence-corrected chi connectivity index (χ3v) is 5.16. The number of aliphatic hydroxyl groups excluding tert-OH is 2. The van der Waals surface area contributed by atoms with E-state index < -0.39 is 30.4 Å². The Morgan fingerprint density at radius 2 is 2.12 bits per heavy atom. The Morgan fingerprint density at radius 3 is 2.82 bits per heavy atom. The number of aryl methyl sites for hydroxylation is 1. The maximum Gasteiger partial charge on any atom is 0.256 e. The number of nitrogens with zero attached hydrogens (tertiary/aromatic N) is 8. The number of likely N-dealkylation sites (N-methyl/N-ethyl adjacent to an activating group) is 1. The van der Waals surface area contributed by atoms with Crippen LogP contribution in [0.5, 0.6) is 0 Å². The fourth-order valence-electron chi connectivity index (χ4n) is 3.55. The molecule has 172 valence electrons. The molecule has 0 saturated carbocycles. The zero-order chi connectivity index (χ0) is 23.1. The average Bonchev–Trinajstić information content (AvgIpc) is 3.60. The van der Waals surface area contributed by atoms with Crippen molar-refractivity contribution in [3.05, 3.63) is 36.2 Å². The van der Waals surface area contributed by atoms with E-state index in [0.717, 1.165) is 5.69 Å². The summed E-state index contributed by atoms with van der Waals surface area (Å²) in [4.78, 5) is 25.4. The molecule has 1 aliphatic heterocycles. The summed E-state index contributed by atoms with van der Waals surface area (Å²) in [6, 6.07) is 1.78. The first-order valence-corrected chi connectivity index (χ1v) is 9.96. The van der Waals surface area contributed by atoms with Gasteiger partial charge in [-0.25, -0.2) is 4.98 Å². The van der Waals surface area contributed by atoms with E-state index >= 15 is 0 Å². The highest BCUT2D eigenvalue weighted by Gasteiger charge is 2.47. The van der Waals surface area contributed by atoms with Crippen molar-refractivity contribution in [1.82, 2.24) is 45.0 Å². The van der Waals surface area contributed by atoms with Crippen molar-refractivity contribution < 1.29 is 24.3 Å². The van der Waals surface area contributed by atoms with E-state index in [1.54, 1.807) is 12.3 Å². The molecule has 4 aromatic heterocycles. The lowest BCUT2D eigenvalue weighted by Gasteiger charge is -2.17. The number of ether oxygens (including phenoxy) is 1. The zero-order valence-electron chi connectivity index (χ0n) is 17.5. The lowest BCUT2D eigenvalue weighted by atomic mass is 10.1. The molecule has 15 nitrogen and oxygen atoms in total. The number of fused-ring (bicyclic) bond motifs is 1. The van der Waals surface area contributed by atoms with Crippen molar-refractivity contribution in [3.63, 3.8) is 0 Å². The number of carbonyl (C=O) groups is 1. The second kappa shape index (κ2) is 8.19. The molecule has 0 unspecified atom stereocenters. The number of aliphatic hydroxyl groups is 2. The first-order chi connectivity index (χ1) is 16.0. The fourth-order valence-corrected chi connectivity index (χ4v) is 3.55. The monoisotopic (exact) mass is 456 g/mol. The van der Waals surface area contributed by atoms with E-state index in [1.807, 2.05) is 6.92 Å². The number of hydrogen-bond donors (Lipinski definition) is 4. The van der Waals surface area contributed by atoms with Crippen LogP contribution >= 0.6 is 0 Å². The summed E-state index contributed by atoms with van der Waals surface area (Å²) < 4.78 is 13.7. The molecular weight excluding hydrogens is 436 g/mol. The highest BCUT2D eigenvalue weighted by Crippen LogP contribution is 2.33. The Morgan fingerprint density at radius 1 is 1.27 bits per heavy atom. The van der Waals surface area contributed by atoms with Gasteiger partial charge in [-0.15, -0.1) is 5.10 Å². The number of rotatable bonds is 6. The normalized spacial score (nSPS) is 22.7. The summed E-state index contributed by atoms with van der Waals surface area (Å²) in [5, 5.41) is 38.0. The predicted molar refractivity (Wildman–Crippen MR) is 109 cm³/mol. The molecule has 5 rings (SSSR count). The van der Waals surface area contributed by atoms with E-state index in [1.165, 1.54) is 28.8 Å². The highest BCUT2D eigenvalue weighted by molar-refractivity contribution is 5.84. The zero-order valence-corrected chi connectivity index (χ0v) is 17.5. The van der Waals surface area contributed by atoms with Gasteiger partial charge in [-0.1, -0.05) is 10.4 Å². The lowest BCUT2D eigenvalue weighted by Crippen LogP contribution is -2.41. The molecule has 1 fully saturated rings. The Labute approximate surface area is 185 Å². The third kappa shape index (κ3) is 3.67. The van der Waals surface area contributed by atoms with E-state index in [-0.39, 0.29) is 18.1 Å². The van der Waals surface area contributed by atoms with Crippen molar-refractivity contribution >= 4 is 22.9 Å². The third-order valence-electron chi connectivity index (χ3n) is 5.16. The van der Waals surface area contributed by atoms with Gasteiger partial charge in [0.1, 0.15) is 12.2 Å². The maximum absolute atomic E-state index is 12.0. The van der Waals surface area contributed by atoms with Gasteiger partial charge in [0.2, 0.25) is 0 Å². The Balaban J connectivity index is 1.55. The van der Waals surface area contributed by atoms with Crippen LogP contribution in [-0.4, -0.2) is 81.1 Å². The van der Waals surface area contributed by atoms with Crippen LogP contribution in [0.1, 0.15) is 17.7 Å². The molecule has 0 radical (unpaired) electrons. The Hall–Kier alpha value is -3.95. The van der Waals surface area contributed by atoms with Gasteiger partial charge >= 0.3 is 0 Å². The Bertz CT molecular complexity index is 1290. The molecule has 0 aliphatic carbocycles. The average molecular weight is 456 g/mol. The van der Waals surface area contributed by atoms with Crippen molar-refractivity contribution in [3.8, 4) is 5.95 Å². The minimum absolute atomic E-state index is 0.175. The smallest absolute Gasteiger partial charge is 0.256 e. The Kier molecular flexibility index (Phi) is 5.20. The summed E-state index contributed by atoms with van der Waals surface area (Å²) in [6.45, 7) is 2.09. The molecule has 0 aromatic carbocycles. The van der Waals surface area contributed by atoms with Crippen molar-refractivity contribution in [1.29, 1.82) is 0 Å². The first kappa shape index (κ1) is 20.9. The van der Waals surface area contributed by atoms with E-state index in [2.05, 4.69) is 41.1 Å². The highest BCUT2D eigenvalue weighted by atomic mass is 16.6. The number of hydrogen-bond acceptors (Lipinski definition) is 12. The summed E-state index contributed by atoms with van der Waals surface area (Å²) in [5.74, 6) is 0.561. The van der Waals surface area contributed by atoms with Crippen molar-refractivity contribution in [2.45, 2.75) is 38.0 Å². The number of anilines is 1. The lowest BCUT2D eigenvalue weighted by molar-refractivity contribution is -0.137.